The summed E-state index contributed by atoms with van der Waals surface area (Å²) in [4.78, 5) is 12.5. The molecule has 0 unspecified atom stereocenters. The third kappa shape index (κ3) is 2.54. The average Bonchev–Trinajstić information content (AvgIpc) is 2.38. The fraction of sp³-hybridized carbons (Fsp3) is 0.188. The lowest BCUT2D eigenvalue weighted by molar-refractivity contribution is 0.103. The SMILES string of the molecule is Cc1cc(C(=O)c2cc(N)c(C)c(F)c2)c(C)cc1Cl. The molecule has 0 aromatic heterocycles. The van der Waals surface area contributed by atoms with Gasteiger partial charge in [-0.3, -0.25) is 4.79 Å². The second kappa shape index (κ2) is 5.25. The summed E-state index contributed by atoms with van der Waals surface area (Å²) in [6.45, 7) is 5.20. The highest BCUT2D eigenvalue weighted by atomic mass is 35.5. The molecule has 0 aliphatic heterocycles. The third-order valence-corrected chi connectivity index (χ3v) is 3.80. The van der Waals surface area contributed by atoms with Crippen molar-refractivity contribution in [2.45, 2.75) is 20.8 Å². The highest BCUT2D eigenvalue weighted by Crippen LogP contribution is 2.25. The highest BCUT2D eigenvalue weighted by molar-refractivity contribution is 6.31. The van der Waals surface area contributed by atoms with Gasteiger partial charge in [0, 0.05) is 27.4 Å². The van der Waals surface area contributed by atoms with Crippen LogP contribution in [0, 0.1) is 26.6 Å². The highest BCUT2D eigenvalue weighted by Gasteiger charge is 2.16. The Balaban J connectivity index is 2.55. The number of nitrogen functional groups attached to an aromatic ring is 1. The van der Waals surface area contributed by atoms with E-state index in [0.717, 1.165) is 11.1 Å². The van der Waals surface area contributed by atoms with Gasteiger partial charge < -0.3 is 5.73 Å². The molecule has 0 aliphatic carbocycles. The molecule has 2 aromatic carbocycles. The summed E-state index contributed by atoms with van der Waals surface area (Å²) in [6.07, 6.45) is 0. The summed E-state index contributed by atoms with van der Waals surface area (Å²) in [5.74, 6) is -0.732. The number of aryl methyl sites for hydroxylation is 2. The number of hydrogen-bond acceptors (Lipinski definition) is 2. The smallest absolute Gasteiger partial charge is 0.193 e. The lowest BCUT2D eigenvalue weighted by Gasteiger charge is -2.10. The number of rotatable bonds is 2. The summed E-state index contributed by atoms with van der Waals surface area (Å²) in [6, 6.07) is 6.17. The molecule has 2 rings (SSSR count). The first kappa shape index (κ1) is 14.5. The average molecular weight is 292 g/mol. The molecular weight excluding hydrogens is 277 g/mol. The van der Waals surface area contributed by atoms with Gasteiger partial charge in [-0.05, 0) is 56.2 Å². The van der Waals surface area contributed by atoms with Crippen LogP contribution in [0.2, 0.25) is 5.02 Å². The van der Waals surface area contributed by atoms with E-state index in [-0.39, 0.29) is 17.0 Å². The van der Waals surface area contributed by atoms with Crippen molar-refractivity contribution in [1.29, 1.82) is 0 Å². The van der Waals surface area contributed by atoms with Crippen LogP contribution in [0.25, 0.3) is 0 Å². The third-order valence-electron chi connectivity index (χ3n) is 3.40. The number of hydrogen-bond donors (Lipinski definition) is 1. The van der Waals surface area contributed by atoms with Crippen LogP contribution >= 0.6 is 11.6 Å². The topological polar surface area (TPSA) is 43.1 Å². The van der Waals surface area contributed by atoms with E-state index < -0.39 is 5.82 Å². The van der Waals surface area contributed by atoms with Crippen molar-refractivity contribution in [3.05, 3.63) is 62.9 Å². The first-order valence-corrected chi connectivity index (χ1v) is 6.56. The van der Waals surface area contributed by atoms with E-state index in [4.69, 9.17) is 17.3 Å². The zero-order valence-corrected chi connectivity index (χ0v) is 12.3. The molecule has 0 radical (unpaired) electrons. The Morgan fingerprint density at radius 2 is 1.75 bits per heavy atom. The molecule has 0 bridgehead atoms. The van der Waals surface area contributed by atoms with Crippen LogP contribution in [0.5, 0.6) is 0 Å². The Morgan fingerprint density at radius 1 is 1.10 bits per heavy atom. The van der Waals surface area contributed by atoms with Crippen molar-refractivity contribution >= 4 is 23.1 Å². The minimum absolute atomic E-state index is 0.246. The van der Waals surface area contributed by atoms with Crippen LogP contribution in [-0.2, 0) is 0 Å². The minimum Gasteiger partial charge on any atom is -0.398 e. The Bertz CT molecular complexity index is 687. The molecule has 0 saturated heterocycles. The molecule has 20 heavy (non-hydrogen) atoms. The van der Waals surface area contributed by atoms with E-state index >= 15 is 0 Å². The van der Waals surface area contributed by atoms with Gasteiger partial charge in [0.05, 0.1) is 0 Å². The number of carbonyl (C=O) groups excluding carboxylic acids is 1. The fourth-order valence-electron chi connectivity index (χ4n) is 2.01. The predicted molar refractivity (Wildman–Crippen MR) is 79.9 cm³/mol. The zero-order valence-electron chi connectivity index (χ0n) is 11.6. The van der Waals surface area contributed by atoms with Crippen LogP contribution in [0.15, 0.2) is 24.3 Å². The van der Waals surface area contributed by atoms with Gasteiger partial charge in [-0.25, -0.2) is 4.39 Å². The molecule has 0 amide bonds. The fourth-order valence-corrected chi connectivity index (χ4v) is 2.23. The number of halogens is 2. The quantitative estimate of drug-likeness (QED) is 0.665. The van der Waals surface area contributed by atoms with E-state index in [1.807, 2.05) is 6.92 Å². The molecule has 104 valence electrons. The van der Waals surface area contributed by atoms with Gasteiger partial charge in [0.25, 0.3) is 0 Å². The number of anilines is 1. The van der Waals surface area contributed by atoms with Crippen molar-refractivity contribution in [2.75, 3.05) is 5.73 Å². The first-order chi connectivity index (χ1) is 9.31. The molecule has 0 fully saturated rings. The number of ketones is 1. The Labute approximate surface area is 122 Å². The van der Waals surface area contributed by atoms with Crippen LogP contribution in [0.4, 0.5) is 10.1 Å². The second-order valence-corrected chi connectivity index (χ2v) is 5.32. The van der Waals surface area contributed by atoms with E-state index in [9.17, 15) is 9.18 Å². The van der Waals surface area contributed by atoms with Crippen molar-refractivity contribution in [3.8, 4) is 0 Å². The maximum atomic E-state index is 13.7. The zero-order chi connectivity index (χ0) is 15.0. The van der Waals surface area contributed by atoms with Gasteiger partial charge in [0.1, 0.15) is 5.82 Å². The number of carbonyl (C=O) groups is 1. The molecule has 0 spiro atoms. The second-order valence-electron chi connectivity index (χ2n) is 4.92. The van der Waals surface area contributed by atoms with Crippen molar-refractivity contribution in [2.24, 2.45) is 0 Å². The van der Waals surface area contributed by atoms with Gasteiger partial charge in [0.15, 0.2) is 5.78 Å². The van der Waals surface area contributed by atoms with Crippen molar-refractivity contribution < 1.29 is 9.18 Å². The molecule has 2 nitrogen and oxygen atoms in total. The lowest BCUT2D eigenvalue weighted by Crippen LogP contribution is -2.07. The first-order valence-electron chi connectivity index (χ1n) is 6.18. The van der Waals surface area contributed by atoms with Crippen molar-refractivity contribution in [1.82, 2.24) is 0 Å². The minimum atomic E-state index is -0.475. The van der Waals surface area contributed by atoms with Crippen LogP contribution in [0.3, 0.4) is 0 Å². The molecule has 0 heterocycles. The van der Waals surface area contributed by atoms with Crippen LogP contribution < -0.4 is 5.73 Å². The largest absolute Gasteiger partial charge is 0.398 e. The summed E-state index contributed by atoms with van der Waals surface area (Å²) >= 11 is 6.02. The molecule has 0 atom stereocenters. The normalized spacial score (nSPS) is 10.7. The standard InChI is InChI=1S/C16H15ClFNO/c1-8-5-13(17)9(2)4-12(8)16(20)11-6-14(18)10(3)15(19)7-11/h4-7H,19H2,1-3H3. The van der Waals surface area contributed by atoms with E-state index in [2.05, 4.69) is 0 Å². The molecule has 0 saturated carbocycles. The molecular formula is C16H15ClFNO. The summed E-state index contributed by atoms with van der Waals surface area (Å²) in [5, 5.41) is 0.605. The molecule has 2 aromatic rings. The Morgan fingerprint density at radius 3 is 2.35 bits per heavy atom. The maximum absolute atomic E-state index is 13.7. The van der Waals surface area contributed by atoms with Crippen molar-refractivity contribution in [3.63, 3.8) is 0 Å². The van der Waals surface area contributed by atoms with Gasteiger partial charge >= 0.3 is 0 Å². The van der Waals surface area contributed by atoms with Gasteiger partial charge in [-0.1, -0.05) is 11.6 Å². The molecule has 2 N–H and O–H groups in total. The van der Waals surface area contributed by atoms with Gasteiger partial charge in [-0.2, -0.15) is 0 Å². The number of nitrogens with two attached hydrogens (primary N) is 1. The predicted octanol–water partition coefficient (Wildman–Crippen LogP) is 4.22. The number of benzene rings is 2. The van der Waals surface area contributed by atoms with E-state index in [1.165, 1.54) is 12.1 Å². The van der Waals surface area contributed by atoms with Gasteiger partial charge in [-0.15, -0.1) is 0 Å². The van der Waals surface area contributed by atoms with E-state index in [0.29, 0.717) is 16.1 Å². The van der Waals surface area contributed by atoms with Crippen LogP contribution in [0.1, 0.15) is 32.6 Å². The Kier molecular flexibility index (Phi) is 3.82. The molecule has 0 aliphatic rings. The van der Waals surface area contributed by atoms with Crippen LogP contribution in [-0.4, -0.2) is 5.78 Å². The monoisotopic (exact) mass is 291 g/mol. The maximum Gasteiger partial charge on any atom is 0.193 e. The summed E-state index contributed by atoms with van der Waals surface area (Å²) in [5.41, 5.74) is 8.66. The summed E-state index contributed by atoms with van der Waals surface area (Å²) in [7, 11) is 0. The summed E-state index contributed by atoms with van der Waals surface area (Å²) < 4.78 is 13.7. The Hall–Kier alpha value is -1.87. The van der Waals surface area contributed by atoms with E-state index in [1.54, 1.807) is 26.0 Å². The van der Waals surface area contributed by atoms with Gasteiger partial charge in [0.2, 0.25) is 0 Å². The lowest BCUT2D eigenvalue weighted by atomic mass is 9.96. The molecule has 4 heteroatoms.